The Morgan fingerprint density at radius 3 is 2.51 bits per heavy atom. The maximum atomic E-state index is 13.7. The maximum Gasteiger partial charge on any atom is 0.416 e. The van der Waals surface area contributed by atoms with Crippen LogP contribution in [0.4, 0.5) is 4.79 Å². The van der Waals surface area contributed by atoms with Crippen LogP contribution in [0, 0.1) is 19.8 Å². The summed E-state index contributed by atoms with van der Waals surface area (Å²) in [6, 6.07) is 10.5. The van der Waals surface area contributed by atoms with Crippen molar-refractivity contribution in [3.63, 3.8) is 0 Å². The largest absolute Gasteiger partial charge is 0.447 e. The van der Waals surface area contributed by atoms with Crippen LogP contribution in [0.3, 0.4) is 0 Å². The van der Waals surface area contributed by atoms with E-state index in [0.29, 0.717) is 6.61 Å². The summed E-state index contributed by atoms with van der Waals surface area (Å²) in [7, 11) is -1.95. The molecule has 3 aromatic rings. The van der Waals surface area contributed by atoms with Crippen LogP contribution in [-0.4, -0.2) is 53.4 Å². The predicted molar refractivity (Wildman–Crippen MR) is 155 cm³/mol. The van der Waals surface area contributed by atoms with Crippen LogP contribution in [0.15, 0.2) is 30.3 Å². The number of fused-ring (bicyclic) bond motifs is 1. The average molecular weight is 551 g/mol. The van der Waals surface area contributed by atoms with Gasteiger partial charge in [-0.15, -0.1) is 5.10 Å². The summed E-state index contributed by atoms with van der Waals surface area (Å²) >= 11 is 0. The molecule has 2 amide bonds. The molecule has 1 aromatic heterocycles. The SMILES string of the molecule is CCn1nnc2c(C)c([C@H](c3ccc(C)c(CO[Si](C)(C)C(C)(C)C)c3)[C@@H](C)C(=O)N3CCOC3=O)ccc21. The van der Waals surface area contributed by atoms with Crippen molar-refractivity contribution in [1.82, 2.24) is 19.9 Å². The molecule has 0 N–H and O–H groups in total. The van der Waals surface area contributed by atoms with Gasteiger partial charge in [0, 0.05) is 18.4 Å². The molecule has 0 unspecified atom stereocenters. The fraction of sp³-hybridized carbons (Fsp3) is 0.533. The minimum absolute atomic E-state index is 0.106. The van der Waals surface area contributed by atoms with Gasteiger partial charge >= 0.3 is 6.09 Å². The Hall–Kier alpha value is -3.04. The number of benzene rings is 2. The summed E-state index contributed by atoms with van der Waals surface area (Å²) in [5.41, 5.74) is 7.04. The van der Waals surface area contributed by atoms with Gasteiger partial charge in [-0.05, 0) is 72.8 Å². The first-order valence-corrected chi connectivity index (χ1v) is 16.7. The molecule has 39 heavy (non-hydrogen) atoms. The van der Waals surface area contributed by atoms with Crippen LogP contribution in [0.5, 0.6) is 0 Å². The number of hydrogen-bond donors (Lipinski definition) is 0. The number of carbonyl (C=O) groups is 2. The number of hydrogen-bond acceptors (Lipinski definition) is 6. The van der Waals surface area contributed by atoms with E-state index in [1.165, 1.54) is 4.90 Å². The standard InChI is InChI=1S/C30H42N4O4Si/c1-10-34-25-14-13-24(20(3)27(25)31-32-34)26(21(4)28(35)33-15-16-37-29(33)36)22-12-11-19(2)23(17-22)18-38-39(8,9)30(5,6)7/h11-14,17,21,26H,10,15-16,18H2,1-9H3/t21-,26+/m1/s1. The number of amides is 2. The lowest BCUT2D eigenvalue weighted by Crippen LogP contribution is -2.40. The first-order valence-electron chi connectivity index (χ1n) is 13.8. The summed E-state index contributed by atoms with van der Waals surface area (Å²) in [5.74, 6) is -1.04. The molecule has 8 nitrogen and oxygen atoms in total. The monoisotopic (exact) mass is 550 g/mol. The van der Waals surface area contributed by atoms with Gasteiger partial charge in [-0.1, -0.05) is 57.2 Å². The molecular weight excluding hydrogens is 508 g/mol. The Kier molecular flexibility index (Phi) is 8.05. The predicted octanol–water partition coefficient (Wildman–Crippen LogP) is 6.34. The highest BCUT2D eigenvalue weighted by molar-refractivity contribution is 6.74. The third kappa shape index (κ3) is 5.52. The Labute approximate surface area is 232 Å². The zero-order valence-electron chi connectivity index (χ0n) is 24.8. The third-order valence-electron chi connectivity index (χ3n) is 8.66. The fourth-order valence-corrected chi connectivity index (χ4v) is 5.94. The number of ether oxygens (including phenoxy) is 1. The van der Waals surface area contributed by atoms with E-state index in [2.05, 4.69) is 75.4 Å². The second kappa shape index (κ2) is 10.8. The molecule has 9 heteroatoms. The summed E-state index contributed by atoms with van der Waals surface area (Å²) in [6.45, 7) is 21.0. The van der Waals surface area contributed by atoms with Gasteiger partial charge in [0.15, 0.2) is 8.32 Å². The lowest BCUT2D eigenvalue weighted by atomic mass is 9.78. The van der Waals surface area contributed by atoms with E-state index in [4.69, 9.17) is 9.16 Å². The zero-order valence-corrected chi connectivity index (χ0v) is 25.8. The highest BCUT2D eigenvalue weighted by Crippen LogP contribution is 2.40. The molecule has 2 heterocycles. The molecule has 0 bridgehead atoms. The number of carbonyl (C=O) groups excluding carboxylic acids is 2. The van der Waals surface area contributed by atoms with E-state index < -0.39 is 20.3 Å². The second-order valence-corrected chi connectivity index (χ2v) is 17.0. The van der Waals surface area contributed by atoms with Crippen LogP contribution < -0.4 is 0 Å². The summed E-state index contributed by atoms with van der Waals surface area (Å²) < 4.78 is 13.5. The number of aromatic nitrogens is 3. The summed E-state index contributed by atoms with van der Waals surface area (Å²) in [4.78, 5) is 27.2. The van der Waals surface area contributed by atoms with Gasteiger partial charge in [-0.2, -0.15) is 0 Å². The topological polar surface area (TPSA) is 86.6 Å². The van der Waals surface area contributed by atoms with Crippen molar-refractivity contribution in [2.24, 2.45) is 5.92 Å². The normalized spacial score (nSPS) is 16.0. The molecule has 1 saturated heterocycles. The zero-order chi connectivity index (χ0) is 28.7. The van der Waals surface area contributed by atoms with E-state index >= 15 is 0 Å². The van der Waals surface area contributed by atoms with Crippen LogP contribution in [-0.2, 0) is 27.1 Å². The first kappa shape index (κ1) is 29.0. The van der Waals surface area contributed by atoms with Gasteiger partial charge in [0.05, 0.1) is 18.7 Å². The average Bonchev–Trinajstić information content (AvgIpc) is 3.50. The van der Waals surface area contributed by atoms with Crippen LogP contribution >= 0.6 is 0 Å². The first-order chi connectivity index (χ1) is 18.3. The highest BCUT2D eigenvalue weighted by Gasteiger charge is 2.39. The molecule has 4 rings (SSSR count). The molecule has 1 aliphatic rings. The van der Waals surface area contributed by atoms with Gasteiger partial charge in [0.2, 0.25) is 5.91 Å². The van der Waals surface area contributed by atoms with Crippen molar-refractivity contribution in [1.29, 1.82) is 0 Å². The molecule has 210 valence electrons. The summed E-state index contributed by atoms with van der Waals surface area (Å²) in [5, 5.41) is 8.88. The summed E-state index contributed by atoms with van der Waals surface area (Å²) in [6.07, 6.45) is -0.573. The second-order valence-electron chi connectivity index (χ2n) is 12.2. The third-order valence-corrected chi connectivity index (χ3v) is 13.1. The van der Waals surface area contributed by atoms with Crippen LogP contribution in [0.25, 0.3) is 11.0 Å². The van der Waals surface area contributed by atoms with Crippen LogP contribution in [0.2, 0.25) is 18.1 Å². The van der Waals surface area contributed by atoms with Crippen molar-refractivity contribution in [3.8, 4) is 0 Å². The van der Waals surface area contributed by atoms with Crippen molar-refractivity contribution in [2.75, 3.05) is 13.2 Å². The number of aryl methyl sites for hydroxylation is 3. The number of nitrogens with zero attached hydrogens (tertiary/aromatic N) is 4. The molecule has 1 fully saturated rings. The molecule has 1 aliphatic heterocycles. The van der Waals surface area contributed by atoms with E-state index in [1.807, 2.05) is 31.5 Å². The minimum Gasteiger partial charge on any atom is -0.447 e. The minimum atomic E-state index is -1.95. The van der Waals surface area contributed by atoms with Gasteiger partial charge in [-0.25, -0.2) is 14.4 Å². The Balaban J connectivity index is 1.80. The quantitative estimate of drug-likeness (QED) is 0.304. The Morgan fingerprint density at radius 2 is 1.90 bits per heavy atom. The molecule has 0 spiro atoms. The Bertz CT molecular complexity index is 1390. The molecule has 2 atom stereocenters. The maximum absolute atomic E-state index is 13.7. The molecule has 0 aliphatic carbocycles. The number of imide groups is 1. The van der Waals surface area contributed by atoms with Crippen molar-refractivity contribution in [3.05, 3.63) is 58.1 Å². The molecule has 0 radical (unpaired) electrons. The van der Waals surface area contributed by atoms with E-state index in [1.54, 1.807) is 0 Å². The van der Waals surface area contributed by atoms with Crippen LogP contribution in [0.1, 0.15) is 68.4 Å². The number of rotatable bonds is 8. The van der Waals surface area contributed by atoms with E-state index in [0.717, 1.165) is 45.4 Å². The van der Waals surface area contributed by atoms with E-state index in [9.17, 15) is 9.59 Å². The highest BCUT2D eigenvalue weighted by atomic mass is 28.4. The molecular formula is C30H42N4O4Si. The Morgan fingerprint density at radius 1 is 1.18 bits per heavy atom. The van der Waals surface area contributed by atoms with Gasteiger partial charge in [0.1, 0.15) is 12.1 Å². The van der Waals surface area contributed by atoms with Crippen molar-refractivity contribution in [2.45, 2.75) is 85.7 Å². The molecule has 0 saturated carbocycles. The number of cyclic esters (lactones) is 1. The molecule has 2 aromatic carbocycles. The van der Waals surface area contributed by atoms with Crippen molar-refractivity contribution >= 4 is 31.4 Å². The van der Waals surface area contributed by atoms with Crippen molar-refractivity contribution < 1.29 is 18.8 Å². The van der Waals surface area contributed by atoms with Gasteiger partial charge in [0.25, 0.3) is 0 Å². The lowest BCUT2D eigenvalue weighted by molar-refractivity contribution is -0.131. The van der Waals surface area contributed by atoms with E-state index in [-0.39, 0.29) is 30.0 Å². The fourth-order valence-electron chi connectivity index (χ4n) is 4.99. The van der Waals surface area contributed by atoms with Gasteiger partial charge < -0.3 is 9.16 Å². The van der Waals surface area contributed by atoms with Gasteiger partial charge in [-0.3, -0.25) is 4.79 Å². The smallest absolute Gasteiger partial charge is 0.416 e. The lowest BCUT2D eigenvalue weighted by Gasteiger charge is -2.36.